The molecule has 0 spiro atoms. The van der Waals surface area contributed by atoms with Crippen LogP contribution in [-0.4, -0.2) is 11.7 Å². The number of alkyl halides is 1. The summed E-state index contributed by atoms with van der Waals surface area (Å²) in [7, 11) is 0. The van der Waals surface area contributed by atoms with E-state index in [0.717, 1.165) is 5.69 Å². The Kier molecular flexibility index (Phi) is 4.78. The third-order valence-electron chi connectivity index (χ3n) is 1.46. The molecule has 0 aliphatic rings. The van der Waals surface area contributed by atoms with Crippen LogP contribution in [-0.2, 0) is 0 Å². The molecule has 0 aromatic carbocycles. The molecule has 1 rings (SSSR count). The number of pyridine rings is 1. The van der Waals surface area contributed by atoms with Gasteiger partial charge in [0.25, 0.3) is 0 Å². The van der Waals surface area contributed by atoms with Crippen molar-refractivity contribution in [2.45, 2.75) is 13.0 Å². The molecule has 0 fully saturated rings. The number of aryl methyl sites for hydroxylation is 1. The summed E-state index contributed by atoms with van der Waals surface area (Å²) in [5, 5.41) is 0. The van der Waals surface area contributed by atoms with E-state index in [9.17, 15) is 4.39 Å². The van der Waals surface area contributed by atoms with E-state index in [4.69, 9.17) is 5.73 Å². The largest absolute Gasteiger partial charge is 0.321 e. The van der Waals surface area contributed by atoms with Crippen LogP contribution in [0.4, 0.5) is 4.39 Å². The van der Waals surface area contributed by atoms with Gasteiger partial charge in [-0.05, 0) is 19.1 Å². The summed E-state index contributed by atoms with van der Waals surface area (Å²) >= 11 is 0. The first kappa shape index (κ1) is 11.3. The van der Waals surface area contributed by atoms with Crippen molar-refractivity contribution >= 4 is 12.4 Å². The molecule has 12 heavy (non-hydrogen) atoms. The third kappa shape index (κ3) is 2.75. The third-order valence-corrected chi connectivity index (χ3v) is 1.46. The Morgan fingerprint density at radius 2 is 2.25 bits per heavy atom. The summed E-state index contributed by atoms with van der Waals surface area (Å²) < 4.78 is 12.0. The van der Waals surface area contributed by atoms with Crippen LogP contribution in [0.25, 0.3) is 0 Å². The highest BCUT2D eigenvalue weighted by molar-refractivity contribution is 5.85. The minimum atomic E-state index is -0.574. The topological polar surface area (TPSA) is 38.9 Å². The van der Waals surface area contributed by atoms with Crippen LogP contribution >= 0.6 is 12.4 Å². The highest BCUT2D eigenvalue weighted by Gasteiger charge is 2.05. The predicted octanol–water partition coefficient (Wildman–Crippen LogP) is 1.78. The average Bonchev–Trinajstić information content (AvgIpc) is 2.03. The van der Waals surface area contributed by atoms with E-state index in [2.05, 4.69) is 4.98 Å². The van der Waals surface area contributed by atoms with E-state index in [1.807, 2.05) is 19.1 Å². The predicted molar refractivity (Wildman–Crippen MR) is 49.1 cm³/mol. The minimum Gasteiger partial charge on any atom is -0.321 e. The summed E-state index contributed by atoms with van der Waals surface area (Å²) in [6, 6.07) is 4.84. The molecule has 0 aliphatic carbocycles. The second kappa shape index (κ2) is 5.06. The van der Waals surface area contributed by atoms with Gasteiger partial charge in [0, 0.05) is 5.69 Å². The van der Waals surface area contributed by atoms with Crippen molar-refractivity contribution in [1.29, 1.82) is 0 Å². The molecule has 68 valence electrons. The van der Waals surface area contributed by atoms with Crippen LogP contribution < -0.4 is 5.73 Å². The number of hydrogen-bond donors (Lipinski definition) is 1. The van der Waals surface area contributed by atoms with Gasteiger partial charge in [0.1, 0.15) is 6.67 Å². The Bertz CT molecular complexity index is 242. The maximum Gasteiger partial charge on any atom is 0.110 e. The van der Waals surface area contributed by atoms with Crippen LogP contribution in [0.3, 0.4) is 0 Å². The lowest BCUT2D eigenvalue weighted by Crippen LogP contribution is -2.13. The molecular formula is C8H12ClFN2. The number of halogens is 2. The summed E-state index contributed by atoms with van der Waals surface area (Å²) in [4.78, 5) is 4.08. The molecule has 1 heterocycles. The highest BCUT2D eigenvalue weighted by atomic mass is 35.5. The number of rotatable bonds is 2. The first-order valence-electron chi connectivity index (χ1n) is 3.49. The van der Waals surface area contributed by atoms with Crippen molar-refractivity contribution in [2.24, 2.45) is 5.73 Å². The smallest absolute Gasteiger partial charge is 0.110 e. The van der Waals surface area contributed by atoms with Crippen LogP contribution in [0.15, 0.2) is 18.2 Å². The maximum absolute atomic E-state index is 12.0. The molecule has 0 amide bonds. The first-order valence-corrected chi connectivity index (χ1v) is 3.49. The lowest BCUT2D eigenvalue weighted by molar-refractivity contribution is 0.432. The molecule has 0 saturated heterocycles. The van der Waals surface area contributed by atoms with E-state index in [1.54, 1.807) is 6.07 Å². The number of nitrogens with two attached hydrogens (primary N) is 1. The van der Waals surface area contributed by atoms with E-state index in [-0.39, 0.29) is 12.4 Å². The van der Waals surface area contributed by atoms with E-state index < -0.39 is 12.7 Å². The summed E-state index contributed by atoms with van der Waals surface area (Å²) in [6.45, 7) is 1.30. The zero-order chi connectivity index (χ0) is 8.27. The van der Waals surface area contributed by atoms with E-state index in [1.165, 1.54) is 0 Å². The van der Waals surface area contributed by atoms with Gasteiger partial charge < -0.3 is 5.73 Å². The van der Waals surface area contributed by atoms with Crippen LogP contribution in [0, 0.1) is 6.92 Å². The van der Waals surface area contributed by atoms with Crippen molar-refractivity contribution in [1.82, 2.24) is 4.98 Å². The van der Waals surface area contributed by atoms with Crippen molar-refractivity contribution in [2.75, 3.05) is 6.67 Å². The fourth-order valence-electron chi connectivity index (χ4n) is 0.850. The first-order chi connectivity index (χ1) is 5.24. The monoisotopic (exact) mass is 190 g/mol. The van der Waals surface area contributed by atoms with Gasteiger partial charge in [0.2, 0.25) is 0 Å². The Morgan fingerprint density at radius 1 is 1.58 bits per heavy atom. The van der Waals surface area contributed by atoms with Gasteiger partial charge in [-0.3, -0.25) is 4.98 Å². The summed E-state index contributed by atoms with van der Waals surface area (Å²) in [6.07, 6.45) is 0. The van der Waals surface area contributed by atoms with Gasteiger partial charge in [-0.2, -0.15) is 0 Å². The molecule has 0 unspecified atom stereocenters. The van der Waals surface area contributed by atoms with E-state index in [0.29, 0.717) is 5.69 Å². The normalized spacial score (nSPS) is 11.9. The fraction of sp³-hybridized carbons (Fsp3) is 0.375. The van der Waals surface area contributed by atoms with Crippen LogP contribution in [0.2, 0.25) is 0 Å². The van der Waals surface area contributed by atoms with E-state index >= 15 is 0 Å². The molecule has 2 nitrogen and oxygen atoms in total. The van der Waals surface area contributed by atoms with Crippen LogP contribution in [0.1, 0.15) is 17.4 Å². The molecule has 4 heteroatoms. The molecular weight excluding hydrogens is 179 g/mol. The zero-order valence-corrected chi connectivity index (χ0v) is 7.64. The Labute approximate surface area is 77.4 Å². The quantitative estimate of drug-likeness (QED) is 0.772. The van der Waals surface area contributed by atoms with Gasteiger partial charge in [-0.15, -0.1) is 12.4 Å². The summed E-state index contributed by atoms with van der Waals surface area (Å²) in [5.74, 6) is 0. The Balaban J connectivity index is 0.00000121. The minimum absolute atomic E-state index is 0. The summed E-state index contributed by atoms with van der Waals surface area (Å²) in [5.41, 5.74) is 6.91. The lowest BCUT2D eigenvalue weighted by Gasteiger charge is -2.05. The molecule has 0 aliphatic heterocycles. The van der Waals surface area contributed by atoms with Crippen molar-refractivity contribution in [3.05, 3.63) is 29.6 Å². The van der Waals surface area contributed by atoms with Gasteiger partial charge in [0.05, 0.1) is 11.7 Å². The second-order valence-electron chi connectivity index (χ2n) is 2.46. The maximum atomic E-state index is 12.0. The van der Waals surface area contributed by atoms with Gasteiger partial charge in [0.15, 0.2) is 0 Å². The van der Waals surface area contributed by atoms with Crippen molar-refractivity contribution < 1.29 is 4.39 Å². The average molecular weight is 191 g/mol. The van der Waals surface area contributed by atoms with Gasteiger partial charge in [-0.25, -0.2) is 4.39 Å². The molecule has 1 aromatic heterocycles. The standard InChI is InChI=1S/C8H11FN2.ClH/c1-6-3-2-4-8(11-6)7(10)5-9;/h2-4,7H,5,10H2,1H3;1H/t7-;/m1./s1. The molecule has 1 atom stereocenters. The van der Waals surface area contributed by atoms with Crippen molar-refractivity contribution in [3.63, 3.8) is 0 Å². The number of aromatic nitrogens is 1. The van der Waals surface area contributed by atoms with Gasteiger partial charge in [-0.1, -0.05) is 6.07 Å². The lowest BCUT2D eigenvalue weighted by atomic mass is 10.2. The molecule has 0 bridgehead atoms. The fourth-order valence-corrected chi connectivity index (χ4v) is 0.850. The van der Waals surface area contributed by atoms with Gasteiger partial charge >= 0.3 is 0 Å². The Hall–Kier alpha value is -0.670. The Morgan fingerprint density at radius 3 is 2.75 bits per heavy atom. The molecule has 0 saturated carbocycles. The number of nitrogens with zero attached hydrogens (tertiary/aromatic N) is 1. The molecule has 0 radical (unpaired) electrons. The zero-order valence-electron chi connectivity index (χ0n) is 6.83. The molecule has 2 N–H and O–H groups in total. The SMILES string of the molecule is Cc1cccc([C@H](N)CF)n1.Cl. The second-order valence-corrected chi connectivity index (χ2v) is 2.46. The highest BCUT2D eigenvalue weighted by Crippen LogP contribution is 2.07. The molecule has 1 aromatic rings. The van der Waals surface area contributed by atoms with Crippen LogP contribution in [0.5, 0.6) is 0 Å². The van der Waals surface area contributed by atoms with Crippen molar-refractivity contribution in [3.8, 4) is 0 Å². The number of hydrogen-bond acceptors (Lipinski definition) is 2.